The topological polar surface area (TPSA) is 72.4 Å². The Morgan fingerprint density at radius 1 is 1.08 bits per heavy atom. The van der Waals surface area contributed by atoms with Crippen LogP contribution in [0.1, 0.15) is 42.7 Å². The number of halogens is 1. The van der Waals surface area contributed by atoms with Crippen molar-refractivity contribution in [2.24, 2.45) is 11.3 Å². The minimum absolute atomic E-state index is 0.254. The first-order valence-corrected chi connectivity index (χ1v) is 15.1. The van der Waals surface area contributed by atoms with Gasteiger partial charge in [0.2, 0.25) is 10.0 Å². The average Bonchev–Trinajstić information content (AvgIpc) is 3.51. The molecule has 1 unspecified atom stereocenters. The molecule has 2 fully saturated rings. The van der Waals surface area contributed by atoms with Gasteiger partial charge >= 0.3 is 0 Å². The summed E-state index contributed by atoms with van der Waals surface area (Å²) in [5, 5.41) is 1.79. The summed E-state index contributed by atoms with van der Waals surface area (Å²) < 4.78 is 37.8. The maximum Gasteiger partial charge on any atom is 0.243 e. The second-order valence-corrected chi connectivity index (χ2v) is 13.3. The summed E-state index contributed by atoms with van der Waals surface area (Å²) in [6, 6.07) is 14.9. The number of hydrogen-bond acceptors (Lipinski definition) is 6. The van der Waals surface area contributed by atoms with Crippen LogP contribution in [0.4, 0.5) is 0 Å². The van der Waals surface area contributed by atoms with Gasteiger partial charge in [-0.25, -0.2) is 13.4 Å². The van der Waals surface area contributed by atoms with Crippen molar-refractivity contribution in [1.82, 2.24) is 13.7 Å². The van der Waals surface area contributed by atoms with Crippen LogP contribution < -0.4 is 0 Å². The lowest BCUT2D eigenvalue weighted by atomic mass is 9.77. The van der Waals surface area contributed by atoms with Gasteiger partial charge in [-0.3, -0.25) is 0 Å². The first-order chi connectivity index (χ1) is 17.4. The Labute approximate surface area is 222 Å². The molecular weight excluding hydrogens is 514 g/mol. The van der Waals surface area contributed by atoms with Crippen LogP contribution >= 0.6 is 23.1 Å². The largest absolute Gasteiger partial charge is 0.384 e. The van der Waals surface area contributed by atoms with Gasteiger partial charge in [0.25, 0.3) is 0 Å². The van der Waals surface area contributed by atoms with E-state index in [-0.39, 0.29) is 5.41 Å². The highest BCUT2D eigenvalue weighted by Crippen LogP contribution is 2.50. The SMILES string of the molecule is COCCc1ccc(S(=O)(=O)N2CCC3(CCC(Cc4nc(-c5ccc(Cl)cc5)ns4)C3)CC2)cc1. The Morgan fingerprint density at radius 2 is 1.81 bits per heavy atom. The zero-order valence-electron chi connectivity index (χ0n) is 20.5. The maximum atomic E-state index is 13.2. The van der Waals surface area contributed by atoms with Gasteiger partial charge in [0.1, 0.15) is 5.01 Å². The molecule has 192 valence electrons. The molecule has 9 heteroatoms. The molecule has 0 amide bonds. The summed E-state index contributed by atoms with van der Waals surface area (Å²) in [6.45, 7) is 1.82. The molecule has 3 aromatic rings. The van der Waals surface area contributed by atoms with Gasteiger partial charge in [-0.2, -0.15) is 8.68 Å². The fourth-order valence-corrected chi connectivity index (χ4v) is 8.00. The van der Waals surface area contributed by atoms with Gasteiger partial charge in [0, 0.05) is 37.2 Å². The number of hydrogen-bond donors (Lipinski definition) is 0. The fraction of sp³-hybridized carbons (Fsp3) is 0.481. The smallest absolute Gasteiger partial charge is 0.243 e. The van der Waals surface area contributed by atoms with E-state index in [2.05, 4.69) is 4.37 Å². The van der Waals surface area contributed by atoms with Crippen molar-refractivity contribution < 1.29 is 13.2 Å². The first-order valence-electron chi connectivity index (χ1n) is 12.5. The molecule has 1 aromatic heterocycles. The molecule has 1 aliphatic carbocycles. The molecule has 36 heavy (non-hydrogen) atoms. The lowest BCUT2D eigenvalue weighted by Gasteiger charge is -2.39. The Bertz CT molecular complexity index is 1270. The minimum atomic E-state index is -3.46. The van der Waals surface area contributed by atoms with Crippen molar-refractivity contribution in [3.8, 4) is 11.4 Å². The molecule has 1 atom stereocenters. The number of ether oxygens (including phenoxy) is 1. The second-order valence-electron chi connectivity index (χ2n) is 10.1. The number of aromatic nitrogens is 2. The number of nitrogens with zero attached hydrogens (tertiary/aromatic N) is 3. The molecule has 2 heterocycles. The van der Waals surface area contributed by atoms with Crippen LogP contribution in [0.15, 0.2) is 53.4 Å². The van der Waals surface area contributed by atoms with Gasteiger partial charge in [-0.05, 0) is 103 Å². The Hall–Kier alpha value is -1.84. The summed E-state index contributed by atoms with van der Waals surface area (Å²) in [7, 11) is -1.79. The molecule has 5 rings (SSSR count). The molecule has 1 saturated heterocycles. The van der Waals surface area contributed by atoms with Crippen molar-refractivity contribution in [3.63, 3.8) is 0 Å². The monoisotopic (exact) mass is 545 g/mol. The number of benzene rings is 2. The van der Waals surface area contributed by atoms with E-state index < -0.39 is 10.0 Å². The molecule has 0 bridgehead atoms. The first kappa shape index (κ1) is 25.8. The van der Waals surface area contributed by atoms with Crippen LogP contribution in [-0.4, -0.2) is 48.9 Å². The highest BCUT2D eigenvalue weighted by molar-refractivity contribution is 7.89. The van der Waals surface area contributed by atoms with Gasteiger partial charge in [0.05, 0.1) is 11.5 Å². The zero-order chi connectivity index (χ0) is 25.2. The average molecular weight is 546 g/mol. The highest BCUT2D eigenvalue weighted by Gasteiger charge is 2.43. The summed E-state index contributed by atoms with van der Waals surface area (Å²) >= 11 is 7.48. The number of rotatable bonds is 8. The zero-order valence-corrected chi connectivity index (χ0v) is 22.9. The molecule has 1 spiro atoms. The van der Waals surface area contributed by atoms with Crippen LogP contribution in [0.25, 0.3) is 11.4 Å². The van der Waals surface area contributed by atoms with E-state index in [0.29, 0.717) is 35.5 Å². The number of sulfonamides is 1. The summed E-state index contributed by atoms with van der Waals surface area (Å²) in [6.07, 6.45) is 7.08. The van der Waals surface area contributed by atoms with Gasteiger partial charge in [0.15, 0.2) is 5.82 Å². The Morgan fingerprint density at radius 3 is 2.50 bits per heavy atom. The van der Waals surface area contributed by atoms with Crippen molar-refractivity contribution >= 4 is 33.2 Å². The van der Waals surface area contributed by atoms with Crippen molar-refractivity contribution in [2.75, 3.05) is 26.8 Å². The lowest BCUT2D eigenvalue weighted by Crippen LogP contribution is -2.42. The standard InChI is InChI=1S/C27H32ClN3O3S2/c1-34-17-11-20-2-8-24(9-3-20)36(32,33)31-15-13-27(14-16-31)12-10-21(19-27)18-25-29-26(30-35-25)22-4-6-23(28)7-5-22/h2-9,21H,10-19H2,1H3. The van der Waals surface area contributed by atoms with E-state index in [1.54, 1.807) is 23.5 Å². The quantitative estimate of drug-likeness (QED) is 0.354. The second kappa shape index (κ2) is 10.9. The summed E-state index contributed by atoms with van der Waals surface area (Å²) in [5.74, 6) is 1.35. The van der Waals surface area contributed by atoms with E-state index in [0.717, 1.165) is 54.1 Å². The van der Waals surface area contributed by atoms with Gasteiger partial charge in [-0.1, -0.05) is 23.7 Å². The molecule has 2 aliphatic rings. The van der Waals surface area contributed by atoms with Crippen LogP contribution in [0.5, 0.6) is 0 Å². The van der Waals surface area contributed by atoms with Gasteiger partial charge in [-0.15, -0.1) is 0 Å². The fourth-order valence-electron chi connectivity index (χ4n) is 5.65. The lowest BCUT2D eigenvalue weighted by molar-refractivity contribution is 0.154. The highest BCUT2D eigenvalue weighted by atomic mass is 35.5. The van der Waals surface area contributed by atoms with Crippen LogP contribution in [0, 0.1) is 11.3 Å². The molecule has 1 aliphatic heterocycles. The molecular formula is C27H32ClN3O3S2. The van der Waals surface area contributed by atoms with E-state index in [4.69, 9.17) is 21.3 Å². The molecule has 2 aromatic carbocycles. The van der Waals surface area contributed by atoms with Crippen molar-refractivity contribution in [1.29, 1.82) is 0 Å². The van der Waals surface area contributed by atoms with E-state index in [1.165, 1.54) is 24.4 Å². The van der Waals surface area contributed by atoms with Gasteiger partial charge < -0.3 is 4.74 Å². The third-order valence-electron chi connectivity index (χ3n) is 7.78. The van der Waals surface area contributed by atoms with Crippen LogP contribution in [-0.2, 0) is 27.6 Å². The van der Waals surface area contributed by atoms with Crippen LogP contribution in [0.2, 0.25) is 5.02 Å². The minimum Gasteiger partial charge on any atom is -0.384 e. The van der Waals surface area contributed by atoms with E-state index >= 15 is 0 Å². The predicted octanol–water partition coefficient (Wildman–Crippen LogP) is 5.86. The Balaban J connectivity index is 1.16. The molecule has 0 radical (unpaired) electrons. The molecule has 1 saturated carbocycles. The normalized spacial score (nSPS) is 20.2. The maximum absolute atomic E-state index is 13.2. The summed E-state index contributed by atoms with van der Waals surface area (Å²) in [4.78, 5) is 5.16. The van der Waals surface area contributed by atoms with E-state index in [9.17, 15) is 8.42 Å². The summed E-state index contributed by atoms with van der Waals surface area (Å²) in [5.41, 5.74) is 2.33. The Kier molecular flexibility index (Phi) is 7.79. The van der Waals surface area contributed by atoms with Crippen molar-refractivity contribution in [2.45, 2.75) is 49.8 Å². The van der Waals surface area contributed by atoms with Crippen LogP contribution in [0.3, 0.4) is 0 Å². The van der Waals surface area contributed by atoms with E-state index in [1.807, 2.05) is 36.4 Å². The third kappa shape index (κ3) is 5.68. The molecule has 6 nitrogen and oxygen atoms in total. The van der Waals surface area contributed by atoms with Crippen molar-refractivity contribution in [3.05, 3.63) is 64.1 Å². The number of piperidine rings is 1. The number of methoxy groups -OCH3 is 1. The third-order valence-corrected chi connectivity index (χ3v) is 10.7. The molecule has 0 N–H and O–H groups in total. The predicted molar refractivity (Wildman–Crippen MR) is 144 cm³/mol.